The summed E-state index contributed by atoms with van der Waals surface area (Å²) in [4.78, 5) is 13.3. The number of rotatable bonds is 8. The normalized spacial score (nSPS) is 13.7. The van der Waals surface area contributed by atoms with E-state index in [1.54, 1.807) is 29.3 Å². The Hall–Kier alpha value is -4.66. The molecule has 0 atom stereocenters. The Bertz CT molecular complexity index is 3610. The zero-order valence-corrected chi connectivity index (χ0v) is 46.7. The molecule has 6 aromatic heterocycles. The molecule has 398 valence electrons. The minimum atomic E-state index is -3.52. The summed E-state index contributed by atoms with van der Waals surface area (Å²) in [5, 5.41) is 23.9. The minimum Gasteiger partial charge on any atom is -0.796 e. The van der Waals surface area contributed by atoms with Gasteiger partial charge < -0.3 is 26.3 Å². The third-order valence-electron chi connectivity index (χ3n) is 11.2. The number of hydrogen-bond donors (Lipinski definition) is 0. The zero-order chi connectivity index (χ0) is 54.3. The van der Waals surface area contributed by atoms with Crippen LogP contribution in [0.5, 0.6) is 0 Å². The van der Waals surface area contributed by atoms with Gasteiger partial charge in [-0.3, -0.25) is 4.39 Å². The number of imidazole rings is 3. The Labute approximate surface area is 480 Å². The predicted molar refractivity (Wildman–Crippen MR) is 280 cm³/mol. The average molecular weight is 1180 g/mol. The third-order valence-corrected chi connectivity index (χ3v) is 12.9. The molecule has 6 heterocycles. The average Bonchev–Trinajstić information content (AvgIpc) is 4.33. The van der Waals surface area contributed by atoms with E-state index < -0.39 is 51.9 Å². The van der Waals surface area contributed by atoms with E-state index in [1.165, 1.54) is 36.2 Å². The number of alkyl halides is 3. The summed E-state index contributed by atoms with van der Waals surface area (Å²) in [6, 6.07) is 12.4. The second-order valence-corrected chi connectivity index (χ2v) is 20.3. The Morgan fingerprint density at radius 2 is 0.921 bits per heavy atom. The summed E-state index contributed by atoms with van der Waals surface area (Å²) in [6.07, 6.45) is 14.9. The van der Waals surface area contributed by atoms with Crippen molar-refractivity contribution in [1.29, 1.82) is 0 Å². The van der Waals surface area contributed by atoms with Crippen molar-refractivity contribution < 1.29 is 70.1 Å². The van der Waals surface area contributed by atoms with Gasteiger partial charge in [0, 0.05) is 77.5 Å². The van der Waals surface area contributed by atoms with E-state index in [1.807, 2.05) is 21.5 Å². The number of benzene rings is 3. The van der Waals surface area contributed by atoms with E-state index in [9.17, 15) is 39.2 Å². The molecule has 3 saturated carbocycles. The standard InChI is InChI=1S/C15H12F2N4O2S.C15H12F2N4S.C14H9ClF2N4.CH2Cl2.CH3F.CH4S.CH4.Na/c1-24(22,23)14-4-8(7-18-20-14)15-19-12-5-10(16)11(17)6-13(12)21(15)9-2-3-9;1-22-14-4-8(7-18-20-14)15-19-12-5-10(16)11(17)6-13(12)21(15)9-2-3-9;15-13-3-7(6-18-20-13)14-19-11-4-9(16)10(17)5-12(11)21(14)8-1-2-8;2-1-3;2*1-2;;/h4-7,9H,2-3H2,1H3;4-7,9H,2-3H2,1H3;3-6,8H,1-2H2;1H2;1H3;2H,1H3;1H4;/q;;;;;;;+1/p-1/i;;;;1D;;;. The molecule has 76 heavy (non-hydrogen) atoms. The van der Waals surface area contributed by atoms with E-state index >= 15 is 0 Å². The number of aromatic nitrogens is 12. The molecule has 0 unspecified atom stereocenters. The van der Waals surface area contributed by atoms with Crippen molar-refractivity contribution in [1.82, 2.24) is 59.2 Å². The third kappa shape index (κ3) is 14.3. The fraction of sp³-hybridized carbons (Fsp3) is 0.312. The first kappa shape index (κ1) is 60.6. The SMILES string of the molecule is C.CS(=O)(=O)c1cc(-c2nc3cc(F)c(F)cc3n2C2CC2)cnn1.CSc1cc(-c2nc3cc(F)c(F)cc3n2C2CC2)cnn1.C[S-].ClCCl.Fc1cc2nc(-c3cnnc(Cl)c3)n(C3CC3)c2cc1F.[2H]CF.[Na+]. The van der Waals surface area contributed by atoms with Crippen LogP contribution in [-0.2, 0) is 22.5 Å². The van der Waals surface area contributed by atoms with Crippen LogP contribution in [0.1, 0.15) is 65.4 Å². The van der Waals surface area contributed by atoms with Crippen LogP contribution in [0.3, 0.4) is 0 Å². The molecule has 12 rings (SSSR count). The van der Waals surface area contributed by atoms with Crippen molar-refractivity contribution in [2.24, 2.45) is 0 Å². The maximum absolute atomic E-state index is 13.6. The molecule has 3 aromatic carbocycles. The summed E-state index contributed by atoms with van der Waals surface area (Å²) in [6.45, 7) is 0. The van der Waals surface area contributed by atoms with Crippen molar-refractivity contribution >= 4 is 102 Å². The van der Waals surface area contributed by atoms with Crippen LogP contribution in [0.25, 0.3) is 67.3 Å². The second kappa shape index (κ2) is 27.3. The van der Waals surface area contributed by atoms with Gasteiger partial charge in [-0.25, -0.2) is 49.7 Å². The van der Waals surface area contributed by atoms with Crippen LogP contribution in [0, 0.1) is 34.9 Å². The molecule has 28 heteroatoms. The van der Waals surface area contributed by atoms with Crippen molar-refractivity contribution in [2.75, 3.05) is 31.3 Å². The largest absolute Gasteiger partial charge is 1.00 e. The van der Waals surface area contributed by atoms with Crippen molar-refractivity contribution in [3.8, 4) is 34.2 Å². The number of halogens is 10. The van der Waals surface area contributed by atoms with Crippen LogP contribution < -0.4 is 29.6 Å². The van der Waals surface area contributed by atoms with E-state index in [-0.39, 0.29) is 70.6 Å². The van der Waals surface area contributed by atoms with Gasteiger partial charge in [0.05, 0.1) is 65.6 Å². The van der Waals surface area contributed by atoms with Crippen molar-refractivity contribution in [3.05, 3.63) is 113 Å². The molecule has 0 N–H and O–H groups in total. The number of nitrogens with zero attached hydrogens (tertiary/aromatic N) is 12. The summed E-state index contributed by atoms with van der Waals surface area (Å²) < 4.78 is 126. The van der Waals surface area contributed by atoms with Gasteiger partial charge in [0.15, 0.2) is 54.9 Å². The smallest absolute Gasteiger partial charge is 0.796 e. The molecule has 0 amide bonds. The molecular weight excluding hydrogens is 1140 g/mol. The Kier molecular flexibility index (Phi) is 21.7. The van der Waals surface area contributed by atoms with E-state index in [2.05, 4.69) is 58.2 Å². The van der Waals surface area contributed by atoms with Gasteiger partial charge in [-0.2, -0.15) is 21.6 Å². The van der Waals surface area contributed by atoms with Crippen LogP contribution in [0.4, 0.5) is 30.7 Å². The summed E-state index contributed by atoms with van der Waals surface area (Å²) in [7, 11) is -4.52. The van der Waals surface area contributed by atoms with Gasteiger partial charge in [-0.05, 0) is 63.0 Å². The number of fused-ring (bicyclic) bond motifs is 3. The Morgan fingerprint density at radius 1 is 0.605 bits per heavy atom. The van der Waals surface area contributed by atoms with Gasteiger partial charge in [0.1, 0.15) is 22.5 Å². The zero-order valence-electron chi connectivity index (χ0n) is 41.0. The molecule has 0 saturated heterocycles. The van der Waals surface area contributed by atoms with E-state index in [4.69, 9.17) is 36.2 Å². The Morgan fingerprint density at radius 3 is 1.25 bits per heavy atom. The topological polar surface area (TPSA) is 165 Å². The molecule has 0 bridgehead atoms. The number of thioether (sulfide) groups is 1. The van der Waals surface area contributed by atoms with Crippen LogP contribution in [0.2, 0.25) is 5.15 Å². The molecule has 9 aromatic rings. The fourth-order valence-corrected chi connectivity index (χ4v) is 8.74. The van der Waals surface area contributed by atoms with Crippen LogP contribution in [-0.4, -0.2) is 98.9 Å². The maximum Gasteiger partial charge on any atom is 1.00 e. The van der Waals surface area contributed by atoms with E-state index in [0.29, 0.717) is 61.7 Å². The van der Waals surface area contributed by atoms with Crippen molar-refractivity contribution in [3.63, 3.8) is 0 Å². The maximum atomic E-state index is 13.6. The fourth-order valence-electron chi connectivity index (χ4n) is 7.67. The van der Waals surface area contributed by atoms with Gasteiger partial charge in [0.25, 0.3) is 0 Å². The van der Waals surface area contributed by atoms with Gasteiger partial charge in [-0.1, -0.05) is 19.0 Å². The first-order valence-electron chi connectivity index (χ1n) is 22.6. The summed E-state index contributed by atoms with van der Waals surface area (Å²) in [5.41, 5.74) is 4.81. The molecule has 0 aliphatic heterocycles. The summed E-state index contributed by atoms with van der Waals surface area (Å²) >= 11 is 21.0. The summed E-state index contributed by atoms with van der Waals surface area (Å²) in [5.74, 6) is -3.70. The molecule has 3 aliphatic carbocycles. The minimum absolute atomic E-state index is 0. The molecular formula is C48H45Cl3F7N12NaO2S3. The second-order valence-electron chi connectivity index (χ2n) is 16.3. The molecule has 0 spiro atoms. The van der Waals surface area contributed by atoms with Gasteiger partial charge in [0.2, 0.25) is 0 Å². The van der Waals surface area contributed by atoms with Gasteiger partial charge in [-0.15, -0.1) is 50.3 Å². The first-order valence-corrected chi connectivity index (χ1v) is 27.2. The number of hydrogen-bond acceptors (Lipinski definition) is 13. The molecule has 0 radical (unpaired) electrons. The van der Waals surface area contributed by atoms with Gasteiger partial charge >= 0.3 is 29.6 Å². The van der Waals surface area contributed by atoms with Crippen LogP contribution in [0.15, 0.2) is 83.2 Å². The first-order chi connectivity index (χ1) is 36.0. The molecule has 14 nitrogen and oxygen atoms in total. The van der Waals surface area contributed by atoms with Crippen molar-refractivity contribution in [2.45, 2.75) is 74.1 Å². The monoisotopic (exact) mass is 1180 g/mol. The molecule has 3 fully saturated rings. The molecule has 3 aliphatic rings. The number of sulfone groups is 1. The predicted octanol–water partition coefficient (Wildman–Crippen LogP) is 9.91. The Balaban J connectivity index is 0.000000197. The quantitative estimate of drug-likeness (QED) is 0.0465. The van der Waals surface area contributed by atoms with E-state index in [0.717, 1.165) is 79.6 Å². The van der Waals surface area contributed by atoms with Crippen LogP contribution >= 0.6 is 46.6 Å².